The molecule has 2 amide bonds. The lowest BCUT2D eigenvalue weighted by atomic mass is 9.81. The summed E-state index contributed by atoms with van der Waals surface area (Å²) < 4.78 is 5.23. The van der Waals surface area contributed by atoms with Crippen molar-refractivity contribution in [2.75, 3.05) is 26.7 Å². The van der Waals surface area contributed by atoms with Gasteiger partial charge in [-0.1, -0.05) is 12.1 Å². The summed E-state index contributed by atoms with van der Waals surface area (Å²) in [4.78, 5) is 26.9. The zero-order valence-electron chi connectivity index (χ0n) is 15.7. The van der Waals surface area contributed by atoms with Gasteiger partial charge >= 0.3 is 0 Å². The summed E-state index contributed by atoms with van der Waals surface area (Å²) in [5.41, 5.74) is 1.16. The minimum Gasteiger partial charge on any atom is -0.497 e. The lowest BCUT2D eigenvalue weighted by molar-refractivity contribution is -0.137. The summed E-state index contributed by atoms with van der Waals surface area (Å²) in [6.07, 6.45) is 6.43. The molecule has 0 aromatic heterocycles. The Morgan fingerprint density at radius 2 is 1.81 bits per heavy atom. The molecule has 0 bridgehead atoms. The lowest BCUT2D eigenvalue weighted by Crippen LogP contribution is -2.39. The van der Waals surface area contributed by atoms with Gasteiger partial charge < -0.3 is 15.0 Å². The average molecular weight is 358 g/mol. The van der Waals surface area contributed by atoms with Gasteiger partial charge in [-0.05, 0) is 62.6 Å². The standard InChI is InChI=1S/C21H30N2O3/c1-26-19-6-4-5-16(15-19)11-12-22-20(24)17-7-9-18(10-8-17)21(25)23-13-2-3-14-23/h4-6,15,17-18H,2-3,7-14H2,1H3,(H,22,24). The Balaban J connectivity index is 1.38. The Morgan fingerprint density at radius 3 is 2.50 bits per heavy atom. The highest BCUT2D eigenvalue weighted by Crippen LogP contribution is 2.31. The monoisotopic (exact) mass is 358 g/mol. The van der Waals surface area contributed by atoms with E-state index in [2.05, 4.69) is 5.32 Å². The third kappa shape index (κ3) is 4.77. The van der Waals surface area contributed by atoms with Crippen LogP contribution in [0.15, 0.2) is 24.3 Å². The van der Waals surface area contributed by atoms with Crippen LogP contribution < -0.4 is 10.1 Å². The molecule has 0 atom stereocenters. The van der Waals surface area contributed by atoms with Crippen molar-refractivity contribution in [2.45, 2.75) is 44.9 Å². The molecule has 2 aliphatic rings. The van der Waals surface area contributed by atoms with E-state index in [0.717, 1.165) is 69.3 Å². The van der Waals surface area contributed by atoms with E-state index in [-0.39, 0.29) is 17.7 Å². The molecule has 1 aromatic carbocycles. The predicted octanol–water partition coefficient (Wildman–Crippen LogP) is 2.78. The van der Waals surface area contributed by atoms with E-state index in [0.29, 0.717) is 12.5 Å². The lowest BCUT2D eigenvalue weighted by Gasteiger charge is -2.29. The fraction of sp³-hybridized carbons (Fsp3) is 0.619. The highest BCUT2D eigenvalue weighted by Gasteiger charge is 2.32. The van der Waals surface area contributed by atoms with Gasteiger partial charge in [0.1, 0.15) is 5.75 Å². The van der Waals surface area contributed by atoms with Gasteiger partial charge in [-0.25, -0.2) is 0 Å². The van der Waals surface area contributed by atoms with Gasteiger partial charge in [-0.2, -0.15) is 0 Å². The van der Waals surface area contributed by atoms with E-state index in [4.69, 9.17) is 4.74 Å². The molecule has 1 N–H and O–H groups in total. The largest absolute Gasteiger partial charge is 0.497 e. The molecule has 3 rings (SSSR count). The van der Waals surface area contributed by atoms with Crippen LogP contribution in [0.4, 0.5) is 0 Å². The van der Waals surface area contributed by atoms with Crippen LogP contribution in [0.3, 0.4) is 0 Å². The van der Waals surface area contributed by atoms with E-state index >= 15 is 0 Å². The molecular weight excluding hydrogens is 328 g/mol. The zero-order chi connectivity index (χ0) is 18.4. The maximum atomic E-state index is 12.5. The van der Waals surface area contributed by atoms with E-state index in [9.17, 15) is 9.59 Å². The highest BCUT2D eigenvalue weighted by molar-refractivity contribution is 5.81. The fourth-order valence-electron chi connectivity index (χ4n) is 4.10. The third-order valence-electron chi connectivity index (χ3n) is 5.71. The van der Waals surface area contributed by atoms with Gasteiger partial charge in [-0.15, -0.1) is 0 Å². The smallest absolute Gasteiger partial charge is 0.225 e. The van der Waals surface area contributed by atoms with Crippen molar-refractivity contribution < 1.29 is 14.3 Å². The number of ether oxygens (including phenoxy) is 1. The second kappa shape index (κ2) is 9.06. The summed E-state index contributed by atoms with van der Waals surface area (Å²) in [5.74, 6) is 1.49. The van der Waals surface area contributed by atoms with Gasteiger partial charge in [0, 0.05) is 31.5 Å². The number of likely N-dealkylation sites (tertiary alicyclic amines) is 1. The van der Waals surface area contributed by atoms with Crippen molar-refractivity contribution in [3.63, 3.8) is 0 Å². The zero-order valence-corrected chi connectivity index (χ0v) is 15.7. The van der Waals surface area contributed by atoms with Crippen LogP contribution in [0.2, 0.25) is 0 Å². The van der Waals surface area contributed by atoms with Crippen molar-refractivity contribution in [1.82, 2.24) is 10.2 Å². The Hall–Kier alpha value is -2.04. The summed E-state index contributed by atoms with van der Waals surface area (Å²) >= 11 is 0. The first-order valence-electron chi connectivity index (χ1n) is 9.87. The molecule has 26 heavy (non-hydrogen) atoms. The van der Waals surface area contributed by atoms with Gasteiger partial charge in [0.2, 0.25) is 11.8 Å². The molecule has 0 unspecified atom stereocenters. The van der Waals surface area contributed by atoms with Crippen LogP contribution in [-0.4, -0.2) is 43.5 Å². The summed E-state index contributed by atoms with van der Waals surface area (Å²) in [7, 11) is 1.66. The van der Waals surface area contributed by atoms with Crippen LogP contribution in [0.5, 0.6) is 5.75 Å². The molecule has 2 fully saturated rings. The number of carbonyl (C=O) groups excluding carboxylic acids is 2. The van der Waals surface area contributed by atoms with E-state index in [1.54, 1.807) is 7.11 Å². The normalized spacial score (nSPS) is 22.9. The van der Waals surface area contributed by atoms with E-state index in [1.165, 1.54) is 0 Å². The van der Waals surface area contributed by atoms with Crippen molar-refractivity contribution >= 4 is 11.8 Å². The van der Waals surface area contributed by atoms with Crippen LogP contribution in [-0.2, 0) is 16.0 Å². The SMILES string of the molecule is COc1cccc(CCNC(=O)C2CCC(C(=O)N3CCCC3)CC2)c1. The van der Waals surface area contributed by atoms with E-state index in [1.807, 2.05) is 29.2 Å². The molecule has 1 heterocycles. The number of hydrogen-bond acceptors (Lipinski definition) is 3. The molecule has 5 heteroatoms. The number of benzene rings is 1. The van der Waals surface area contributed by atoms with Gasteiger partial charge in [0.15, 0.2) is 0 Å². The molecule has 1 aliphatic heterocycles. The molecule has 1 saturated heterocycles. The number of methoxy groups -OCH3 is 1. The second-order valence-electron chi connectivity index (χ2n) is 7.47. The number of carbonyl (C=O) groups is 2. The van der Waals surface area contributed by atoms with Crippen molar-refractivity contribution in [3.8, 4) is 5.75 Å². The van der Waals surface area contributed by atoms with Crippen LogP contribution >= 0.6 is 0 Å². The molecule has 0 spiro atoms. The number of amides is 2. The Bertz CT molecular complexity index is 617. The van der Waals surface area contributed by atoms with Gasteiger partial charge in [0.25, 0.3) is 0 Å². The average Bonchev–Trinajstić information content (AvgIpc) is 3.22. The number of nitrogens with one attached hydrogen (secondary N) is 1. The van der Waals surface area contributed by atoms with Crippen molar-refractivity contribution in [1.29, 1.82) is 0 Å². The number of nitrogens with zero attached hydrogens (tertiary/aromatic N) is 1. The molecule has 5 nitrogen and oxygen atoms in total. The molecule has 1 aromatic rings. The molecular formula is C21H30N2O3. The Labute approximate surface area is 156 Å². The topological polar surface area (TPSA) is 58.6 Å². The molecule has 0 radical (unpaired) electrons. The quantitative estimate of drug-likeness (QED) is 0.851. The Morgan fingerprint density at radius 1 is 1.12 bits per heavy atom. The van der Waals surface area contributed by atoms with E-state index < -0.39 is 0 Å². The van der Waals surface area contributed by atoms with Crippen LogP contribution in [0.1, 0.15) is 44.1 Å². The first-order chi connectivity index (χ1) is 12.7. The maximum Gasteiger partial charge on any atom is 0.225 e. The third-order valence-corrected chi connectivity index (χ3v) is 5.71. The molecule has 1 saturated carbocycles. The molecule has 142 valence electrons. The first-order valence-corrected chi connectivity index (χ1v) is 9.87. The van der Waals surface area contributed by atoms with Gasteiger partial charge in [0.05, 0.1) is 7.11 Å². The van der Waals surface area contributed by atoms with Crippen molar-refractivity contribution in [3.05, 3.63) is 29.8 Å². The highest BCUT2D eigenvalue weighted by atomic mass is 16.5. The summed E-state index contributed by atoms with van der Waals surface area (Å²) in [6.45, 7) is 2.48. The second-order valence-corrected chi connectivity index (χ2v) is 7.47. The van der Waals surface area contributed by atoms with Gasteiger partial charge in [-0.3, -0.25) is 9.59 Å². The maximum absolute atomic E-state index is 12.5. The van der Waals surface area contributed by atoms with Crippen LogP contribution in [0.25, 0.3) is 0 Å². The van der Waals surface area contributed by atoms with Crippen LogP contribution in [0, 0.1) is 11.8 Å². The predicted molar refractivity (Wildman–Crippen MR) is 101 cm³/mol. The molecule has 1 aliphatic carbocycles. The minimum absolute atomic E-state index is 0.0583. The minimum atomic E-state index is 0.0583. The van der Waals surface area contributed by atoms with Crippen molar-refractivity contribution in [2.24, 2.45) is 11.8 Å². The Kier molecular flexibility index (Phi) is 6.53. The number of rotatable bonds is 6. The summed E-state index contributed by atoms with van der Waals surface area (Å²) in [5, 5.41) is 3.06. The summed E-state index contributed by atoms with van der Waals surface area (Å²) in [6, 6.07) is 7.93. The fourth-order valence-corrected chi connectivity index (χ4v) is 4.10. The number of hydrogen-bond donors (Lipinski definition) is 1. The first kappa shape index (κ1) is 18.7.